The van der Waals surface area contributed by atoms with E-state index in [1.54, 1.807) is 30.5 Å². The zero-order chi connectivity index (χ0) is 23.3. The monoisotopic (exact) mass is 461 g/mol. The van der Waals surface area contributed by atoms with Crippen molar-refractivity contribution in [1.82, 2.24) is 15.2 Å². The van der Waals surface area contributed by atoms with Gasteiger partial charge in [0.1, 0.15) is 5.82 Å². The molecule has 0 spiro atoms. The van der Waals surface area contributed by atoms with Crippen LogP contribution in [0.1, 0.15) is 36.0 Å². The second kappa shape index (κ2) is 10.3. The molecule has 3 heterocycles. The summed E-state index contributed by atoms with van der Waals surface area (Å²) in [6.07, 6.45) is 11.5. The molecule has 1 saturated heterocycles. The quantitative estimate of drug-likeness (QED) is 0.661. The lowest BCUT2D eigenvalue weighted by atomic mass is 9.96. The molecule has 1 amide bonds. The third kappa shape index (κ3) is 5.43. The van der Waals surface area contributed by atoms with Crippen molar-refractivity contribution in [1.29, 1.82) is 0 Å². The van der Waals surface area contributed by atoms with Crippen molar-refractivity contribution >= 4 is 5.91 Å². The van der Waals surface area contributed by atoms with Crippen LogP contribution >= 0.6 is 0 Å². The van der Waals surface area contributed by atoms with Gasteiger partial charge in [-0.1, -0.05) is 29.9 Å². The maximum atomic E-state index is 13.4. The van der Waals surface area contributed by atoms with Crippen LogP contribution in [0.3, 0.4) is 0 Å². The summed E-state index contributed by atoms with van der Waals surface area (Å²) in [5.74, 6) is 0.395. The Kier molecular flexibility index (Phi) is 6.83. The van der Waals surface area contributed by atoms with E-state index in [2.05, 4.69) is 27.4 Å². The van der Waals surface area contributed by atoms with Crippen molar-refractivity contribution in [2.45, 2.75) is 31.7 Å². The lowest BCUT2D eigenvalue weighted by molar-refractivity contribution is -0.255. The first-order valence-corrected chi connectivity index (χ1v) is 11.8. The van der Waals surface area contributed by atoms with Gasteiger partial charge in [-0.05, 0) is 61.6 Å². The molecule has 0 bridgehead atoms. The largest absolute Gasteiger partial charge is 0.349 e. The standard InChI is InChI=1S/C27H28FN3O3/c28-23-5-1-3-20(16-23)25-8-7-22(17-29-25)27(32)30-24-10-12-31(13-11-24)18-19-6-9-26-21(15-19)4-2-14-33-34-26/h1,3-9,16-17,24H,2,10-15,18H2,(H,30,32). The molecule has 176 valence electrons. The molecule has 1 fully saturated rings. The highest BCUT2D eigenvalue weighted by Crippen LogP contribution is 2.29. The second-order valence-electron chi connectivity index (χ2n) is 8.92. The number of nitrogens with zero attached hydrogens (tertiary/aromatic N) is 2. The van der Waals surface area contributed by atoms with Gasteiger partial charge in [-0.3, -0.25) is 14.7 Å². The lowest BCUT2D eigenvalue weighted by Gasteiger charge is -2.33. The minimum absolute atomic E-state index is 0.119. The topological polar surface area (TPSA) is 63.7 Å². The van der Waals surface area contributed by atoms with Crippen LogP contribution in [-0.2, 0) is 9.78 Å². The number of allylic oxidation sites excluding steroid dienone is 3. The molecule has 1 aliphatic carbocycles. The second-order valence-corrected chi connectivity index (χ2v) is 8.92. The molecule has 7 heteroatoms. The SMILES string of the molecule is O=C(NC1CCN(CC2=CC=C3OOCCC=C3C2)CC1)c1ccc(-c2cccc(F)c2)nc1. The van der Waals surface area contributed by atoms with Gasteiger partial charge >= 0.3 is 0 Å². The Morgan fingerprint density at radius 3 is 2.85 bits per heavy atom. The molecule has 0 unspecified atom stereocenters. The number of amides is 1. The van der Waals surface area contributed by atoms with Gasteiger partial charge in [-0.2, -0.15) is 4.89 Å². The summed E-state index contributed by atoms with van der Waals surface area (Å²) < 4.78 is 13.4. The predicted molar refractivity (Wildman–Crippen MR) is 127 cm³/mol. The number of carbonyl (C=O) groups is 1. The number of fused-ring (bicyclic) bond motifs is 1. The van der Waals surface area contributed by atoms with Crippen molar-refractivity contribution in [2.24, 2.45) is 0 Å². The number of halogens is 1. The summed E-state index contributed by atoms with van der Waals surface area (Å²) in [4.78, 5) is 30.0. The summed E-state index contributed by atoms with van der Waals surface area (Å²) in [7, 11) is 0. The lowest BCUT2D eigenvalue weighted by Crippen LogP contribution is -2.45. The first-order valence-electron chi connectivity index (χ1n) is 11.8. The van der Waals surface area contributed by atoms with Crippen LogP contribution in [0.15, 0.2) is 77.7 Å². The van der Waals surface area contributed by atoms with Crippen LogP contribution in [0.2, 0.25) is 0 Å². The fraction of sp³-hybridized carbons (Fsp3) is 0.333. The summed E-state index contributed by atoms with van der Waals surface area (Å²) in [6, 6.07) is 9.92. The Morgan fingerprint density at radius 1 is 1.18 bits per heavy atom. The minimum Gasteiger partial charge on any atom is -0.349 e. The number of hydrogen-bond donors (Lipinski definition) is 1. The highest BCUT2D eigenvalue weighted by atomic mass is 19.1. The van der Waals surface area contributed by atoms with E-state index in [1.165, 1.54) is 23.3 Å². The molecule has 5 rings (SSSR count). The highest BCUT2D eigenvalue weighted by Gasteiger charge is 2.23. The Labute approximate surface area is 198 Å². The third-order valence-electron chi connectivity index (χ3n) is 6.44. The highest BCUT2D eigenvalue weighted by molar-refractivity contribution is 5.94. The van der Waals surface area contributed by atoms with Crippen LogP contribution in [-0.4, -0.2) is 48.1 Å². The fourth-order valence-electron chi connectivity index (χ4n) is 4.58. The fourth-order valence-corrected chi connectivity index (χ4v) is 4.58. The zero-order valence-electron chi connectivity index (χ0n) is 19.0. The number of benzene rings is 1. The summed E-state index contributed by atoms with van der Waals surface area (Å²) >= 11 is 0. The van der Waals surface area contributed by atoms with Crippen LogP contribution in [0.5, 0.6) is 0 Å². The van der Waals surface area contributed by atoms with E-state index in [9.17, 15) is 9.18 Å². The van der Waals surface area contributed by atoms with Crippen molar-refractivity contribution in [2.75, 3.05) is 26.2 Å². The van der Waals surface area contributed by atoms with Gasteiger partial charge in [0.05, 0.1) is 17.9 Å². The number of aromatic nitrogens is 1. The molecule has 0 atom stereocenters. The number of piperidine rings is 1. The Balaban J connectivity index is 1.11. The summed E-state index contributed by atoms with van der Waals surface area (Å²) in [5.41, 5.74) is 4.42. The van der Waals surface area contributed by atoms with Crippen LogP contribution in [0, 0.1) is 5.82 Å². The number of nitrogens with one attached hydrogen (secondary N) is 1. The Morgan fingerprint density at radius 2 is 2.06 bits per heavy atom. The van der Waals surface area contributed by atoms with Crippen LogP contribution < -0.4 is 5.32 Å². The summed E-state index contributed by atoms with van der Waals surface area (Å²) in [5, 5.41) is 3.14. The Hall–Kier alpha value is -3.29. The first-order chi connectivity index (χ1) is 16.6. The first kappa shape index (κ1) is 22.5. The normalized spacial score (nSPS) is 19.1. The smallest absolute Gasteiger partial charge is 0.253 e. The number of likely N-dealkylation sites (tertiary alicyclic amines) is 1. The average Bonchev–Trinajstić information content (AvgIpc) is 3.10. The van der Waals surface area contributed by atoms with Crippen LogP contribution in [0.25, 0.3) is 11.3 Å². The van der Waals surface area contributed by atoms with Crippen molar-refractivity contribution in [3.05, 3.63) is 89.1 Å². The molecule has 3 aliphatic rings. The molecule has 2 aliphatic heterocycles. The third-order valence-corrected chi connectivity index (χ3v) is 6.44. The van der Waals surface area contributed by atoms with Crippen molar-refractivity contribution < 1.29 is 19.0 Å². The van der Waals surface area contributed by atoms with Gasteiger partial charge < -0.3 is 10.2 Å². The van der Waals surface area contributed by atoms with E-state index in [0.29, 0.717) is 23.4 Å². The molecule has 34 heavy (non-hydrogen) atoms. The van der Waals surface area contributed by atoms with E-state index in [-0.39, 0.29) is 17.8 Å². The van der Waals surface area contributed by atoms with Gasteiger partial charge in [-0.15, -0.1) is 0 Å². The predicted octanol–water partition coefficient (Wildman–Crippen LogP) is 4.57. The molecule has 0 radical (unpaired) electrons. The molecule has 1 N–H and O–H groups in total. The van der Waals surface area contributed by atoms with Crippen LogP contribution in [0.4, 0.5) is 4.39 Å². The molecule has 0 saturated carbocycles. The van der Waals surface area contributed by atoms with E-state index >= 15 is 0 Å². The van der Waals surface area contributed by atoms with Gasteiger partial charge in [0.25, 0.3) is 5.91 Å². The summed E-state index contributed by atoms with van der Waals surface area (Å²) in [6.45, 7) is 3.39. The number of rotatable bonds is 5. The molecule has 6 nitrogen and oxygen atoms in total. The van der Waals surface area contributed by atoms with Gasteiger partial charge in [-0.25, -0.2) is 4.39 Å². The molecule has 2 aromatic rings. The molecule has 1 aromatic heterocycles. The minimum atomic E-state index is -0.307. The van der Waals surface area contributed by atoms with Crippen molar-refractivity contribution in [3.8, 4) is 11.3 Å². The molecule has 1 aromatic carbocycles. The van der Waals surface area contributed by atoms with Gasteiger partial charge in [0, 0.05) is 37.4 Å². The molecular formula is C27H28FN3O3. The van der Waals surface area contributed by atoms with Gasteiger partial charge in [0.2, 0.25) is 0 Å². The Bertz CT molecular complexity index is 1130. The van der Waals surface area contributed by atoms with E-state index in [1.807, 2.05) is 6.08 Å². The van der Waals surface area contributed by atoms with E-state index in [4.69, 9.17) is 9.78 Å². The van der Waals surface area contributed by atoms with Gasteiger partial charge in [0.15, 0.2) is 5.76 Å². The average molecular weight is 462 g/mol. The number of pyridine rings is 1. The maximum Gasteiger partial charge on any atom is 0.253 e. The number of hydrogen-bond acceptors (Lipinski definition) is 5. The van der Waals surface area contributed by atoms with E-state index in [0.717, 1.165) is 51.1 Å². The van der Waals surface area contributed by atoms with E-state index < -0.39 is 0 Å². The maximum absolute atomic E-state index is 13.4. The molecular weight excluding hydrogens is 433 g/mol. The number of carbonyl (C=O) groups excluding carboxylic acids is 1. The van der Waals surface area contributed by atoms with Crippen molar-refractivity contribution in [3.63, 3.8) is 0 Å². The zero-order valence-corrected chi connectivity index (χ0v) is 19.0.